The molecule has 0 radical (unpaired) electrons. The van der Waals surface area contributed by atoms with Crippen molar-refractivity contribution in [2.45, 2.75) is 13.0 Å². The third-order valence-electron chi connectivity index (χ3n) is 3.72. The minimum Gasteiger partial charge on any atom is -0.341 e. The Labute approximate surface area is 150 Å². The number of carbonyl (C=O) groups is 1. The zero-order valence-corrected chi connectivity index (χ0v) is 14.5. The van der Waals surface area contributed by atoms with E-state index in [9.17, 15) is 4.79 Å². The Morgan fingerprint density at radius 3 is 2.76 bits per heavy atom. The molecule has 124 valence electrons. The molecule has 2 aromatic heterocycles. The average molecular weight is 348 g/mol. The summed E-state index contributed by atoms with van der Waals surface area (Å²) in [4.78, 5) is 22.7. The summed E-state index contributed by atoms with van der Waals surface area (Å²) in [6.45, 7) is 0.504. The quantitative estimate of drug-likeness (QED) is 0.709. The van der Waals surface area contributed by atoms with Gasteiger partial charge in [-0.25, -0.2) is 4.98 Å². The van der Waals surface area contributed by atoms with Crippen LogP contribution >= 0.6 is 11.3 Å². The largest absolute Gasteiger partial charge is 0.341 e. The molecule has 0 aliphatic carbocycles. The van der Waals surface area contributed by atoms with Crippen molar-refractivity contribution in [3.05, 3.63) is 71.0 Å². The molecule has 0 atom stereocenters. The summed E-state index contributed by atoms with van der Waals surface area (Å²) < 4.78 is 0. The van der Waals surface area contributed by atoms with Gasteiger partial charge in [-0.3, -0.25) is 9.78 Å². The van der Waals surface area contributed by atoms with Gasteiger partial charge in [-0.2, -0.15) is 5.26 Å². The Morgan fingerprint density at radius 1 is 1.28 bits per heavy atom. The van der Waals surface area contributed by atoms with Gasteiger partial charge in [0.15, 0.2) is 0 Å². The molecule has 0 spiro atoms. The highest BCUT2D eigenvalue weighted by atomic mass is 32.1. The van der Waals surface area contributed by atoms with Crippen molar-refractivity contribution in [3.63, 3.8) is 0 Å². The molecule has 0 saturated carbocycles. The number of nitrogens with zero attached hydrogens (tertiary/aromatic N) is 4. The zero-order chi connectivity index (χ0) is 17.6. The number of hydrogen-bond acceptors (Lipinski definition) is 5. The first-order valence-electron chi connectivity index (χ1n) is 7.73. The first-order chi connectivity index (χ1) is 12.2. The van der Waals surface area contributed by atoms with E-state index < -0.39 is 0 Å². The summed E-state index contributed by atoms with van der Waals surface area (Å²) in [5.41, 5.74) is 3.32. The SMILES string of the molecule is CN(Cc1ccc(C#N)cc1)C(=O)Cc1csc(-c2cccnc2)n1. The molecule has 0 fully saturated rings. The molecule has 6 heteroatoms. The number of amides is 1. The number of nitriles is 1. The van der Waals surface area contributed by atoms with Crippen molar-refractivity contribution >= 4 is 17.2 Å². The van der Waals surface area contributed by atoms with Crippen LogP contribution < -0.4 is 0 Å². The highest BCUT2D eigenvalue weighted by molar-refractivity contribution is 7.13. The number of thiazole rings is 1. The van der Waals surface area contributed by atoms with E-state index in [4.69, 9.17) is 5.26 Å². The number of carbonyl (C=O) groups excluding carboxylic acids is 1. The van der Waals surface area contributed by atoms with Crippen molar-refractivity contribution in [1.29, 1.82) is 5.26 Å². The van der Waals surface area contributed by atoms with Crippen LogP contribution in [-0.4, -0.2) is 27.8 Å². The van der Waals surface area contributed by atoms with E-state index in [0.29, 0.717) is 12.1 Å². The van der Waals surface area contributed by atoms with Crippen LogP contribution in [0, 0.1) is 11.3 Å². The summed E-state index contributed by atoms with van der Waals surface area (Å²) >= 11 is 1.51. The van der Waals surface area contributed by atoms with Gasteiger partial charge in [-0.05, 0) is 29.8 Å². The Hall–Kier alpha value is -3.04. The van der Waals surface area contributed by atoms with Gasteiger partial charge in [-0.15, -0.1) is 11.3 Å². The van der Waals surface area contributed by atoms with Crippen LogP contribution in [-0.2, 0) is 17.8 Å². The number of hydrogen-bond donors (Lipinski definition) is 0. The molecule has 3 aromatic rings. The highest BCUT2D eigenvalue weighted by Gasteiger charge is 2.13. The van der Waals surface area contributed by atoms with Crippen LogP contribution in [0.25, 0.3) is 10.6 Å². The predicted octanol–water partition coefficient (Wildman–Crippen LogP) is 3.28. The maximum absolute atomic E-state index is 12.4. The second-order valence-corrected chi connectivity index (χ2v) is 6.48. The fraction of sp³-hybridized carbons (Fsp3) is 0.158. The van der Waals surface area contributed by atoms with Crippen LogP contribution in [0.1, 0.15) is 16.8 Å². The monoisotopic (exact) mass is 348 g/mol. The van der Waals surface area contributed by atoms with Crippen molar-refractivity contribution in [1.82, 2.24) is 14.9 Å². The third kappa shape index (κ3) is 4.28. The molecule has 0 N–H and O–H groups in total. The van der Waals surface area contributed by atoms with Crippen LogP contribution in [0.5, 0.6) is 0 Å². The lowest BCUT2D eigenvalue weighted by atomic mass is 10.1. The Morgan fingerprint density at radius 2 is 2.08 bits per heavy atom. The van der Waals surface area contributed by atoms with E-state index in [0.717, 1.165) is 21.8 Å². The van der Waals surface area contributed by atoms with E-state index in [1.54, 1.807) is 36.5 Å². The molecule has 5 nitrogen and oxygen atoms in total. The van der Waals surface area contributed by atoms with Crippen molar-refractivity contribution in [2.24, 2.45) is 0 Å². The molecular weight excluding hydrogens is 332 g/mol. The Bertz CT molecular complexity index is 897. The number of likely N-dealkylation sites (N-methyl/N-ethyl adjacent to an activating group) is 1. The molecule has 1 aromatic carbocycles. The van der Waals surface area contributed by atoms with Crippen LogP contribution in [0.4, 0.5) is 0 Å². The van der Waals surface area contributed by atoms with E-state index in [1.807, 2.05) is 29.6 Å². The highest BCUT2D eigenvalue weighted by Crippen LogP contribution is 2.23. The fourth-order valence-corrected chi connectivity index (χ4v) is 3.16. The van der Waals surface area contributed by atoms with Crippen LogP contribution in [0.15, 0.2) is 54.2 Å². The summed E-state index contributed by atoms with van der Waals surface area (Å²) in [6, 6.07) is 13.2. The molecule has 2 heterocycles. The number of pyridine rings is 1. The third-order valence-corrected chi connectivity index (χ3v) is 4.66. The zero-order valence-electron chi connectivity index (χ0n) is 13.7. The van der Waals surface area contributed by atoms with Gasteiger partial charge in [0.05, 0.1) is 23.7 Å². The molecule has 0 aliphatic heterocycles. The van der Waals surface area contributed by atoms with E-state index in [-0.39, 0.29) is 12.3 Å². The van der Waals surface area contributed by atoms with Gasteiger partial charge in [0.2, 0.25) is 5.91 Å². The molecule has 0 aliphatic rings. The van der Waals surface area contributed by atoms with Gasteiger partial charge in [0.1, 0.15) is 5.01 Å². The smallest absolute Gasteiger partial charge is 0.228 e. The molecule has 3 rings (SSSR count). The summed E-state index contributed by atoms with van der Waals surface area (Å²) in [5, 5.41) is 11.6. The van der Waals surface area contributed by atoms with E-state index >= 15 is 0 Å². The lowest BCUT2D eigenvalue weighted by Crippen LogP contribution is -2.27. The van der Waals surface area contributed by atoms with E-state index in [1.165, 1.54) is 11.3 Å². The molecule has 0 bridgehead atoms. The van der Waals surface area contributed by atoms with Crippen molar-refractivity contribution in [3.8, 4) is 16.6 Å². The average Bonchev–Trinajstić information content (AvgIpc) is 3.11. The molecular formula is C19H16N4OS. The summed E-state index contributed by atoms with van der Waals surface area (Å²) in [6.07, 6.45) is 3.75. The normalized spacial score (nSPS) is 10.2. The number of rotatable bonds is 5. The van der Waals surface area contributed by atoms with Crippen LogP contribution in [0.2, 0.25) is 0 Å². The van der Waals surface area contributed by atoms with Gasteiger partial charge < -0.3 is 4.90 Å². The van der Waals surface area contributed by atoms with Crippen LogP contribution in [0.3, 0.4) is 0 Å². The minimum absolute atomic E-state index is 0.00685. The minimum atomic E-state index is 0.00685. The molecule has 1 amide bonds. The lowest BCUT2D eigenvalue weighted by Gasteiger charge is -2.16. The molecule has 0 saturated heterocycles. The summed E-state index contributed by atoms with van der Waals surface area (Å²) in [5.74, 6) is 0.00685. The first-order valence-corrected chi connectivity index (χ1v) is 8.61. The van der Waals surface area contributed by atoms with Gasteiger partial charge in [0.25, 0.3) is 0 Å². The Kier molecular flexibility index (Phi) is 5.17. The maximum Gasteiger partial charge on any atom is 0.228 e. The summed E-state index contributed by atoms with van der Waals surface area (Å²) in [7, 11) is 1.77. The molecule has 25 heavy (non-hydrogen) atoms. The Balaban J connectivity index is 1.61. The second kappa shape index (κ2) is 7.69. The van der Waals surface area contributed by atoms with Gasteiger partial charge >= 0.3 is 0 Å². The van der Waals surface area contributed by atoms with Crippen molar-refractivity contribution < 1.29 is 4.79 Å². The standard InChI is InChI=1S/C19H16N4OS/c1-23(12-15-6-4-14(10-20)5-7-15)18(24)9-17-13-25-19(22-17)16-3-2-8-21-11-16/h2-8,11,13H,9,12H2,1H3. The predicted molar refractivity (Wildman–Crippen MR) is 96.7 cm³/mol. The first kappa shape index (κ1) is 16.8. The van der Waals surface area contributed by atoms with Crippen molar-refractivity contribution in [2.75, 3.05) is 7.05 Å². The maximum atomic E-state index is 12.4. The van der Waals surface area contributed by atoms with Gasteiger partial charge in [0, 0.05) is 36.9 Å². The van der Waals surface area contributed by atoms with E-state index in [2.05, 4.69) is 16.0 Å². The second-order valence-electron chi connectivity index (χ2n) is 5.62. The molecule has 0 unspecified atom stereocenters. The number of aromatic nitrogens is 2. The number of benzene rings is 1. The topological polar surface area (TPSA) is 69.9 Å². The lowest BCUT2D eigenvalue weighted by molar-refractivity contribution is -0.129. The van der Waals surface area contributed by atoms with Gasteiger partial charge in [-0.1, -0.05) is 12.1 Å². The fourth-order valence-electron chi connectivity index (χ4n) is 2.35.